The SMILES string of the molecule is CN(Cc1ccc2nsnc2c1)C(=O)NC(C)(C)CN1CCCCC1. The number of piperidine rings is 1. The maximum atomic E-state index is 12.6. The molecule has 1 aliphatic heterocycles. The lowest BCUT2D eigenvalue weighted by Gasteiger charge is -2.36. The molecule has 1 saturated heterocycles. The molecule has 1 fully saturated rings. The number of benzene rings is 1. The average Bonchev–Trinajstić information content (AvgIpc) is 3.02. The van der Waals surface area contributed by atoms with Gasteiger partial charge in [-0.25, -0.2) is 4.79 Å². The summed E-state index contributed by atoms with van der Waals surface area (Å²) in [6.45, 7) is 7.91. The van der Waals surface area contributed by atoms with Gasteiger partial charge < -0.3 is 15.1 Å². The lowest BCUT2D eigenvalue weighted by molar-refractivity contribution is 0.159. The number of hydrogen-bond acceptors (Lipinski definition) is 5. The van der Waals surface area contributed by atoms with Crippen molar-refractivity contribution in [2.24, 2.45) is 0 Å². The van der Waals surface area contributed by atoms with E-state index in [4.69, 9.17) is 0 Å². The monoisotopic (exact) mass is 361 g/mol. The molecule has 0 saturated carbocycles. The number of fused-ring (bicyclic) bond motifs is 1. The summed E-state index contributed by atoms with van der Waals surface area (Å²) in [4.78, 5) is 16.8. The van der Waals surface area contributed by atoms with E-state index in [0.29, 0.717) is 6.54 Å². The maximum Gasteiger partial charge on any atom is 0.317 e. The lowest BCUT2D eigenvalue weighted by Crippen LogP contribution is -2.55. The summed E-state index contributed by atoms with van der Waals surface area (Å²) in [5.74, 6) is 0. The fourth-order valence-corrected chi connectivity index (χ4v) is 3.89. The molecule has 0 unspecified atom stereocenters. The van der Waals surface area contributed by atoms with Gasteiger partial charge in [-0.2, -0.15) is 8.75 Å². The maximum absolute atomic E-state index is 12.6. The number of rotatable bonds is 5. The molecule has 0 bridgehead atoms. The number of likely N-dealkylation sites (tertiary alicyclic amines) is 1. The van der Waals surface area contributed by atoms with Crippen molar-refractivity contribution < 1.29 is 4.79 Å². The Kier molecular flexibility index (Phi) is 5.54. The molecule has 0 radical (unpaired) electrons. The Morgan fingerprint density at radius 3 is 2.72 bits per heavy atom. The Hall–Kier alpha value is -1.73. The molecule has 136 valence electrons. The van der Waals surface area contributed by atoms with Crippen molar-refractivity contribution in [3.8, 4) is 0 Å². The van der Waals surface area contributed by atoms with Crippen molar-refractivity contribution in [2.75, 3.05) is 26.7 Å². The molecule has 1 aliphatic rings. The second kappa shape index (κ2) is 7.66. The van der Waals surface area contributed by atoms with Crippen LogP contribution in [-0.4, -0.2) is 56.8 Å². The lowest BCUT2D eigenvalue weighted by atomic mass is 10.0. The summed E-state index contributed by atoms with van der Waals surface area (Å²) in [7, 11) is 1.83. The highest BCUT2D eigenvalue weighted by atomic mass is 32.1. The van der Waals surface area contributed by atoms with E-state index < -0.39 is 0 Å². The first-order chi connectivity index (χ1) is 11.9. The molecule has 2 aromatic rings. The van der Waals surface area contributed by atoms with Gasteiger partial charge in [-0.3, -0.25) is 0 Å². The smallest absolute Gasteiger partial charge is 0.317 e. The van der Waals surface area contributed by atoms with Crippen molar-refractivity contribution in [3.63, 3.8) is 0 Å². The summed E-state index contributed by atoms with van der Waals surface area (Å²) in [5, 5.41) is 3.18. The van der Waals surface area contributed by atoms with Crippen molar-refractivity contribution in [2.45, 2.75) is 45.2 Å². The largest absolute Gasteiger partial charge is 0.332 e. The molecule has 0 atom stereocenters. The summed E-state index contributed by atoms with van der Waals surface area (Å²) < 4.78 is 8.47. The predicted octanol–water partition coefficient (Wildman–Crippen LogP) is 3.10. The fourth-order valence-electron chi connectivity index (χ4n) is 3.37. The van der Waals surface area contributed by atoms with Gasteiger partial charge in [0.15, 0.2) is 0 Å². The average molecular weight is 362 g/mol. The molecular formula is C18H27N5OS. The van der Waals surface area contributed by atoms with Crippen LogP contribution in [0.25, 0.3) is 11.0 Å². The van der Waals surface area contributed by atoms with E-state index in [-0.39, 0.29) is 11.6 Å². The standard InChI is InChI=1S/C18H27N5OS/c1-18(2,13-23-9-5-4-6-10-23)19-17(24)22(3)12-14-7-8-15-16(11-14)21-25-20-15/h7-8,11H,4-6,9-10,12-13H2,1-3H3,(H,19,24). The first-order valence-electron chi connectivity index (χ1n) is 8.90. The first-order valence-corrected chi connectivity index (χ1v) is 9.63. The molecule has 1 aromatic carbocycles. The van der Waals surface area contributed by atoms with Gasteiger partial charge in [0.05, 0.1) is 11.7 Å². The zero-order valence-corrected chi connectivity index (χ0v) is 16.1. The van der Waals surface area contributed by atoms with Gasteiger partial charge >= 0.3 is 6.03 Å². The fraction of sp³-hybridized carbons (Fsp3) is 0.611. The molecule has 7 heteroatoms. The van der Waals surface area contributed by atoms with Crippen LogP contribution in [0.4, 0.5) is 4.79 Å². The van der Waals surface area contributed by atoms with E-state index in [9.17, 15) is 4.79 Å². The van der Waals surface area contributed by atoms with Gasteiger partial charge in [-0.15, -0.1) is 0 Å². The van der Waals surface area contributed by atoms with Crippen LogP contribution >= 0.6 is 11.7 Å². The van der Waals surface area contributed by atoms with Crippen LogP contribution in [0.1, 0.15) is 38.7 Å². The minimum atomic E-state index is -0.245. The van der Waals surface area contributed by atoms with Crippen molar-refractivity contribution in [1.29, 1.82) is 0 Å². The minimum Gasteiger partial charge on any atom is -0.332 e. The van der Waals surface area contributed by atoms with Gasteiger partial charge in [0.1, 0.15) is 11.0 Å². The van der Waals surface area contributed by atoms with E-state index in [1.165, 1.54) is 31.0 Å². The van der Waals surface area contributed by atoms with Crippen LogP contribution in [0.2, 0.25) is 0 Å². The van der Waals surface area contributed by atoms with Crippen LogP contribution in [0.3, 0.4) is 0 Å². The summed E-state index contributed by atoms with van der Waals surface area (Å²) in [6, 6.07) is 5.92. The number of carbonyl (C=O) groups excluding carboxylic acids is 1. The topological polar surface area (TPSA) is 61.4 Å². The van der Waals surface area contributed by atoms with E-state index in [1.54, 1.807) is 4.90 Å². The number of aromatic nitrogens is 2. The Bertz CT molecular complexity index is 723. The number of nitrogens with zero attached hydrogens (tertiary/aromatic N) is 4. The first kappa shape index (κ1) is 18.1. The van der Waals surface area contributed by atoms with E-state index >= 15 is 0 Å². The zero-order chi connectivity index (χ0) is 17.9. The number of carbonyl (C=O) groups is 1. The number of amides is 2. The van der Waals surface area contributed by atoms with Crippen molar-refractivity contribution in [1.82, 2.24) is 23.9 Å². The predicted molar refractivity (Wildman–Crippen MR) is 102 cm³/mol. The molecule has 1 aromatic heterocycles. The van der Waals surface area contributed by atoms with Crippen LogP contribution in [-0.2, 0) is 6.54 Å². The van der Waals surface area contributed by atoms with Gasteiger partial charge in [0.25, 0.3) is 0 Å². The van der Waals surface area contributed by atoms with E-state index in [1.807, 2.05) is 25.2 Å². The van der Waals surface area contributed by atoms with Crippen molar-refractivity contribution in [3.05, 3.63) is 23.8 Å². The van der Waals surface area contributed by atoms with E-state index in [2.05, 4.69) is 32.8 Å². The highest BCUT2D eigenvalue weighted by molar-refractivity contribution is 7.00. The molecule has 0 aliphatic carbocycles. The second-order valence-corrected chi connectivity index (χ2v) is 8.12. The van der Waals surface area contributed by atoms with Crippen LogP contribution in [0.15, 0.2) is 18.2 Å². The summed E-state index contributed by atoms with van der Waals surface area (Å²) in [5.41, 5.74) is 2.61. The Balaban J connectivity index is 1.55. The molecule has 1 N–H and O–H groups in total. The highest BCUT2D eigenvalue weighted by Crippen LogP contribution is 2.16. The minimum absolute atomic E-state index is 0.0430. The quantitative estimate of drug-likeness (QED) is 0.889. The third-order valence-corrected chi connectivity index (χ3v) is 5.15. The molecule has 25 heavy (non-hydrogen) atoms. The molecular weight excluding hydrogens is 334 g/mol. The Morgan fingerprint density at radius 1 is 1.24 bits per heavy atom. The molecule has 2 amide bonds. The van der Waals surface area contributed by atoms with Gasteiger partial charge in [0, 0.05) is 25.7 Å². The van der Waals surface area contributed by atoms with Crippen molar-refractivity contribution >= 4 is 28.8 Å². The van der Waals surface area contributed by atoms with Crippen LogP contribution < -0.4 is 5.32 Å². The number of urea groups is 1. The molecule has 3 rings (SSSR count). The number of nitrogens with one attached hydrogen (secondary N) is 1. The molecule has 6 nitrogen and oxygen atoms in total. The molecule has 0 spiro atoms. The third kappa shape index (κ3) is 4.89. The number of hydrogen-bond donors (Lipinski definition) is 1. The van der Waals surface area contributed by atoms with Crippen LogP contribution in [0, 0.1) is 0 Å². The van der Waals surface area contributed by atoms with Gasteiger partial charge in [-0.05, 0) is 57.5 Å². The third-order valence-electron chi connectivity index (χ3n) is 4.60. The zero-order valence-electron chi connectivity index (χ0n) is 15.3. The summed E-state index contributed by atoms with van der Waals surface area (Å²) >= 11 is 1.21. The second-order valence-electron chi connectivity index (χ2n) is 7.59. The van der Waals surface area contributed by atoms with Crippen LogP contribution in [0.5, 0.6) is 0 Å². The Morgan fingerprint density at radius 2 is 1.96 bits per heavy atom. The Labute approximate surface area is 153 Å². The highest BCUT2D eigenvalue weighted by Gasteiger charge is 2.26. The van der Waals surface area contributed by atoms with Gasteiger partial charge in [-0.1, -0.05) is 12.5 Å². The summed E-state index contributed by atoms with van der Waals surface area (Å²) in [6.07, 6.45) is 3.85. The normalized spacial score (nSPS) is 16.1. The van der Waals surface area contributed by atoms with Gasteiger partial charge in [0.2, 0.25) is 0 Å². The molecule has 2 heterocycles. The van der Waals surface area contributed by atoms with E-state index in [0.717, 1.165) is 36.2 Å².